The summed E-state index contributed by atoms with van der Waals surface area (Å²) < 4.78 is 20.6. The average molecular weight is 224 g/mol. The highest BCUT2D eigenvalue weighted by Crippen LogP contribution is 1.81. The minimum absolute atomic E-state index is 0.363. The summed E-state index contributed by atoms with van der Waals surface area (Å²) in [6.45, 7) is 6.39. The summed E-state index contributed by atoms with van der Waals surface area (Å²) in [5.74, 6) is 1.78. The zero-order valence-electron chi connectivity index (χ0n) is 7.83. The molecule has 12 heavy (non-hydrogen) atoms. The fraction of sp³-hybridized carbons (Fsp3) is 0.800. The third-order valence-electron chi connectivity index (χ3n) is 0.937. The Hall–Kier alpha value is 0.0406. The van der Waals surface area contributed by atoms with E-state index in [2.05, 4.69) is 0 Å². The molecule has 4 nitrogen and oxygen atoms in total. The first-order valence-electron chi connectivity index (χ1n) is 3.96. The Bertz CT molecular complexity index is 130. The summed E-state index contributed by atoms with van der Waals surface area (Å²) in [6.07, 6.45) is 0. The molecule has 0 spiro atoms. The quantitative estimate of drug-likeness (QED) is 0.495. The van der Waals surface area contributed by atoms with Crippen LogP contribution in [0.4, 0.5) is 0 Å². The SMILES string of the molecule is CC.C[Si]1=CO[SiH2]OCO[SiH2]O1. The van der Waals surface area contributed by atoms with Crippen molar-refractivity contribution in [1.82, 2.24) is 0 Å². The topological polar surface area (TPSA) is 36.9 Å². The molecule has 0 radical (unpaired) electrons. The molecule has 0 unspecified atom stereocenters. The van der Waals surface area contributed by atoms with E-state index in [0.717, 1.165) is 0 Å². The number of hydrogen-bond acceptors (Lipinski definition) is 4. The van der Waals surface area contributed by atoms with Crippen LogP contribution in [-0.4, -0.2) is 41.3 Å². The van der Waals surface area contributed by atoms with E-state index < -0.39 is 28.7 Å². The summed E-state index contributed by atoms with van der Waals surface area (Å²) >= 11 is 0. The van der Waals surface area contributed by atoms with E-state index in [1.165, 1.54) is 0 Å². The molecule has 1 aliphatic heterocycles. The van der Waals surface area contributed by atoms with Gasteiger partial charge in [0, 0.05) is 0 Å². The lowest BCUT2D eigenvalue weighted by molar-refractivity contribution is 0.105. The molecule has 1 heterocycles. The van der Waals surface area contributed by atoms with Gasteiger partial charge in [-0.05, 0) is 6.55 Å². The molecule has 0 aromatic rings. The van der Waals surface area contributed by atoms with Crippen LogP contribution in [0.15, 0.2) is 0 Å². The number of rotatable bonds is 0. The van der Waals surface area contributed by atoms with Crippen molar-refractivity contribution in [3.05, 3.63) is 0 Å². The third kappa shape index (κ3) is 6.73. The molecule has 0 atom stereocenters. The van der Waals surface area contributed by atoms with E-state index in [1.807, 2.05) is 20.4 Å². The first-order valence-corrected chi connectivity index (χ1v) is 8.26. The number of hydrogen-bond donors (Lipinski definition) is 0. The second-order valence-corrected chi connectivity index (χ2v) is 6.03. The second kappa shape index (κ2) is 9.13. The molecule has 1 rings (SSSR count). The van der Waals surface area contributed by atoms with Gasteiger partial charge in [0.1, 0.15) is 6.79 Å². The van der Waals surface area contributed by atoms with Gasteiger partial charge in [0.25, 0.3) is 0 Å². The van der Waals surface area contributed by atoms with Gasteiger partial charge in [-0.3, -0.25) is 0 Å². The van der Waals surface area contributed by atoms with Crippen LogP contribution in [0, 0.1) is 0 Å². The fourth-order valence-corrected chi connectivity index (χ4v) is 3.76. The predicted octanol–water partition coefficient (Wildman–Crippen LogP) is -0.990. The van der Waals surface area contributed by atoms with Crippen molar-refractivity contribution in [3.63, 3.8) is 0 Å². The standard InChI is InChI=1S/C3H10O4Si3.C2H6/c1-10-3-6-8-4-2-5-9-7-10;1-2/h3H,2,8-9H2,1H3;1-2H3. The predicted molar refractivity (Wildman–Crippen MR) is 55.3 cm³/mol. The monoisotopic (exact) mass is 224 g/mol. The van der Waals surface area contributed by atoms with Crippen molar-refractivity contribution >= 4 is 34.5 Å². The maximum Gasteiger partial charge on any atom is 0.366 e. The van der Waals surface area contributed by atoms with Crippen molar-refractivity contribution in [2.75, 3.05) is 6.79 Å². The van der Waals surface area contributed by atoms with Crippen molar-refractivity contribution in [1.29, 1.82) is 0 Å². The van der Waals surface area contributed by atoms with Gasteiger partial charge in [0.15, 0.2) is 0 Å². The van der Waals surface area contributed by atoms with Gasteiger partial charge in [-0.25, -0.2) is 0 Å². The molecule has 1 aliphatic rings. The molecule has 0 aliphatic carbocycles. The Morgan fingerprint density at radius 2 is 1.92 bits per heavy atom. The molecular formula is C5H16O4Si3. The normalized spacial score (nSPS) is 21.8. The third-order valence-corrected chi connectivity index (χ3v) is 5.03. The van der Waals surface area contributed by atoms with Crippen LogP contribution in [-0.2, 0) is 17.4 Å². The van der Waals surface area contributed by atoms with E-state index in [0.29, 0.717) is 6.79 Å². The highest BCUT2D eigenvalue weighted by Gasteiger charge is 1.97. The van der Waals surface area contributed by atoms with Gasteiger partial charge >= 0.3 is 20.0 Å². The van der Waals surface area contributed by atoms with Crippen molar-refractivity contribution in [2.45, 2.75) is 20.4 Å². The Morgan fingerprint density at radius 3 is 2.67 bits per heavy atom. The molecule has 0 saturated carbocycles. The minimum Gasteiger partial charge on any atom is -0.589 e. The molecule has 72 valence electrons. The summed E-state index contributed by atoms with van der Waals surface area (Å²) in [7, 11) is -2.43. The molecule has 0 aromatic carbocycles. The van der Waals surface area contributed by atoms with Crippen LogP contribution in [0.3, 0.4) is 0 Å². The lowest BCUT2D eigenvalue weighted by atomic mass is 11.0. The van der Waals surface area contributed by atoms with Crippen molar-refractivity contribution < 1.29 is 17.4 Å². The van der Waals surface area contributed by atoms with Crippen LogP contribution >= 0.6 is 0 Å². The van der Waals surface area contributed by atoms with Crippen LogP contribution in [0.1, 0.15) is 13.8 Å². The average Bonchev–Trinajstić information content (AvgIpc) is 2.22. The van der Waals surface area contributed by atoms with E-state index in [9.17, 15) is 0 Å². The van der Waals surface area contributed by atoms with Crippen LogP contribution in [0.25, 0.3) is 0 Å². The van der Waals surface area contributed by atoms with E-state index in [-0.39, 0.29) is 0 Å². The molecule has 0 fully saturated rings. The molecular weight excluding hydrogens is 208 g/mol. The first-order chi connectivity index (χ1) is 5.89. The van der Waals surface area contributed by atoms with Gasteiger partial charge < -0.3 is 17.4 Å². The Kier molecular flexibility index (Phi) is 9.16. The maximum atomic E-state index is 5.34. The van der Waals surface area contributed by atoms with Crippen LogP contribution in [0.2, 0.25) is 6.55 Å². The molecule has 0 bridgehead atoms. The van der Waals surface area contributed by atoms with Crippen molar-refractivity contribution in [2.24, 2.45) is 0 Å². The van der Waals surface area contributed by atoms with E-state index >= 15 is 0 Å². The molecule has 0 aromatic heterocycles. The zero-order chi connectivity index (χ0) is 9.23. The second-order valence-electron chi connectivity index (χ2n) is 1.80. The highest BCUT2D eigenvalue weighted by atomic mass is 28.3. The van der Waals surface area contributed by atoms with Crippen LogP contribution in [0.5, 0.6) is 0 Å². The van der Waals surface area contributed by atoms with Gasteiger partial charge in [-0.1, -0.05) is 13.8 Å². The Balaban J connectivity index is 0.000000561. The van der Waals surface area contributed by atoms with Crippen molar-refractivity contribution in [3.8, 4) is 0 Å². The molecule has 0 amide bonds. The van der Waals surface area contributed by atoms with Gasteiger partial charge in [-0.2, -0.15) is 0 Å². The molecule has 0 saturated heterocycles. The minimum atomic E-state index is -0.831. The van der Waals surface area contributed by atoms with Gasteiger partial charge in [-0.15, -0.1) is 0 Å². The Labute approximate surface area is 79.6 Å². The smallest absolute Gasteiger partial charge is 0.366 e. The van der Waals surface area contributed by atoms with E-state index in [1.54, 1.807) is 5.86 Å². The summed E-state index contributed by atoms with van der Waals surface area (Å²) in [4.78, 5) is 0. The lowest BCUT2D eigenvalue weighted by Gasteiger charge is -2.02. The largest absolute Gasteiger partial charge is 0.589 e. The van der Waals surface area contributed by atoms with Crippen LogP contribution < -0.4 is 0 Å². The van der Waals surface area contributed by atoms with E-state index in [4.69, 9.17) is 17.4 Å². The molecule has 0 N–H and O–H groups in total. The lowest BCUT2D eigenvalue weighted by Crippen LogP contribution is -2.12. The van der Waals surface area contributed by atoms with Gasteiger partial charge in [0.2, 0.25) is 8.65 Å². The Morgan fingerprint density at radius 1 is 1.25 bits per heavy atom. The highest BCUT2D eigenvalue weighted by molar-refractivity contribution is 6.62. The zero-order valence-corrected chi connectivity index (χ0v) is 11.7. The van der Waals surface area contributed by atoms with Gasteiger partial charge in [0.05, 0.1) is 5.86 Å². The fourth-order valence-electron chi connectivity index (χ4n) is 0.495. The maximum absolute atomic E-state index is 5.34. The summed E-state index contributed by atoms with van der Waals surface area (Å²) in [5, 5.41) is 0. The summed E-state index contributed by atoms with van der Waals surface area (Å²) in [6, 6.07) is 0. The summed E-state index contributed by atoms with van der Waals surface area (Å²) in [5.41, 5.74) is 0. The molecule has 7 heteroatoms. The first kappa shape index (κ1) is 12.0.